The van der Waals surface area contributed by atoms with E-state index in [1.807, 2.05) is 18.2 Å². The standard InChI is InChI=1S/C29H22F3N3O2/c30-29(31,32)21-7-5-6-19(16-21)24-9-1-2-10-25(24)28(37)34-23-11-12-26-20(17-23)13-15-35(26)27(36)18-22-8-3-4-14-33-22/h1-12,14,16-17H,13,15,18H2,(H,34,37). The van der Waals surface area contributed by atoms with Crippen LogP contribution in [0.3, 0.4) is 0 Å². The summed E-state index contributed by atoms with van der Waals surface area (Å²) in [4.78, 5) is 31.9. The van der Waals surface area contributed by atoms with Gasteiger partial charge < -0.3 is 10.2 Å². The average molecular weight is 502 g/mol. The van der Waals surface area contributed by atoms with Crippen LogP contribution in [0.5, 0.6) is 0 Å². The number of rotatable bonds is 5. The highest BCUT2D eigenvalue weighted by Crippen LogP contribution is 2.34. The average Bonchev–Trinajstić information content (AvgIpc) is 3.32. The van der Waals surface area contributed by atoms with Crippen molar-refractivity contribution in [1.29, 1.82) is 0 Å². The Hall–Kier alpha value is -4.46. The molecule has 1 aromatic heterocycles. The van der Waals surface area contributed by atoms with Gasteiger partial charge in [-0.3, -0.25) is 14.6 Å². The topological polar surface area (TPSA) is 62.3 Å². The second-order valence-corrected chi connectivity index (χ2v) is 8.71. The highest BCUT2D eigenvalue weighted by atomic mass is 19.4. The summed E-state index contributed by atoms with van der Waals surface area (Å²) >= 11 is 0. The molecule has 1 aliphatic rings. The molecule has 37 heavy (non-hydrogen) atoms. The molecule has 8 heteroatoms. The van der Waals surface area contributed by atoms with Crippen LogP contribution in [0.2, 0.25) is 0 Å². The van der Waals surface area contributed by atoms with Crippen molar-refractivity contribution < 1.29 is 22.8 Å². The first-order valence-corrected chi connectivity index (χ1v) is 11.7. The number of halogens is 3. The van der Waals surface area contributed by atoms with Gasteiger partial charge in [0.15, 0.2) is 0 Å². The van der Waals surface area contributed by atoms with Crippen molar-refractivity contribution in [3.8, 4) is 11.1 Å². The molecule has 0 spiro atoms. The van der Waals surface area contributed by atoms with Crippen LogP contribution in [0.4, 0.5) is 24.5 Å². The molecule has 0 atom stereocenters. The molecule has 4 aromatic rings. The number of amides is 2. The van der Waals surface area contributed by atoms with E-state index in [-0.39, 0.29) is 17.9 Å². The molecular formula is C29H22F3N3O2. The fraction of sp³-hybridized carbons (Fsp3) is 0.138. The second kappa shape index (κ2) is 9.89. The molecule has 0 bridgehead atoms. The van der Waals surface area contributed by atoms with E-state index in [1.54, 1.807) is 59.6 Å². The van der Waals surface area contributed by atoms with Crippen LogP contribution >= 0.6 is 0 Å². The number of hydrogen-bond donors (Lipinski definition) is 1. The van der Waals surface area contributed by atoms with Gasteiger partial charge in [0.2, 0.25) is 5.91 Å². The Kier molecular flexibility index (Phi) is 6.48. The maximum absolute atomic E-state index is 13.2. The quantitative estimate of drug-likeness (QED) is 0.357. The Morgan fingerprint density at radius 1 is 0.919 bits per heavy atom. The molecule has 2 amide bonds. The lowest BCUT2D eigenvalue weighted by Gasteiger charge is -2.18. The molecule has 2 heterocycles. The number of aromatic nitrogens is 1. The number of alkyl halides is 3. The molecule has 3 aromatic carbocycles. The van der Waals surface area contributed by atoms with Crippen molar-refractivity contribution in [2.45, 2.75) is 19.0 Å². The van der Waals surface area contributed by atoms with Crippen LogP contribution in [0, 0.1) is 0 Å². The van der Waals surface area contributed by atoms with Crippen LogP contribution in [0.25, 0.3) is 11.1 Å². The normalized spacial score (nSPS) is 12.8. The molecule has 0 saturated carbocycles. The monoisotopic (exact) mass is 501 g/mol. The van der Waals surface area contributed by atoms with Crippen molar-refractivity contribution >= 4 is 23.2 Å². The maximum atomic E-state index is 13.2. The predicted molar refractivity (Wildman–Crippen MR) is 135 cm³/mol. The van der Waals surface area contributed by atoms with E-state index in [0.29, 0.717) is 35.5 Å². The molecular weight excluding hydrogens is 479 g/mol. The van der Waals surface area contributed by atoms with E-state index in [4.69, 9.17) is 0 Å². The molecule has 5 rings (SSSR count). The zero-order valence-electron chi connectivity index (χ0n) is 19.6. The first kappa shape index (κ1) is 24.2. The first-order chi connectivity index (χ1) is 17.8. The van der Waals surface area contributed by atoms with Gasteiger partial charge in [0.25, 0.3) is 5.91 Å². The maximum Gasteiger partial charge on any atom is 0.416 e. The number of nitrogens with one attached hydrogen (secondary N) is 1. The fourth-order valence-electron chi connectivity index (χ4n) is 4.49. The Labute approximate surface area is 211 Å². The number of nitrogens with zero attached hydrogens (tertiary/aromatic N) is 2. The van der Waals surface area contributed by atoms with Crippen molar-refractivity contribution in [1.82, 2.24) is 4.98 Å². The number of carbonyl (C=O) groups excluding carboxylic acids is 2. The summed E-state index contributed by atoms with van der Waals surface area (Å²) < 4.78 is 39.7. The number of carbonyl (C=O) groups is 2. The minimum Gasteiger partial charge on any atom is -0.322 e. The van der Waals surface area contributed by atoms with Crippen LogP contribution in [-0.2, 0) is 23.8 Å². The van der Waals surface area contributed by atoms with E-state index in [0.717, 1.165) is 23.4 Å². The molecule has 0 saturated heterocycles. The lowest BCUT2D eigenvalue weighted by atomic mass is 9.97. The molecule has 1 N–H and O–H groups in total. The predicted octanol–water partition coefficient (Wildman–Crippen LogP) is 6.15. The van der Waals surface area contributed by atoms with Gasteiger partial charge in [0.1, 0.15) is 0 Å². The Balaban J connectivity index is 1.34. The van der Waals surface area contributed by atoms with E-state index in [1.165, 1.54) is 6.07 Å². The van der Waals surface area contributed by atoms with Crippen molar-refractivity contribution in [2.75, 3.05) is 16.8 Å². The molecule has 0 aliphatic carbocycles. The summed E-state index contributed by atoms with van der Waals surface area (Å²) in [5.74, 6) is -0.488. The highest BCUT2D eigenvalue weighted by Gasteiger charge is 2.31. The smallest absolute Gasteiger partial charge is 0.322 e. The Morgan fingerprint density at radius 2 is 1.73 bits per heavy atom. The SMILES string of the molecule is O=C(Nc1ccc2c(c1)CCN2C(=O)Cc1ccccn1)c1ccccc1-c1cccc(C(F)(F)F)c1. The summed E-state index contributed by atoms with van der Waals surface area (Å²) in [6.07, 6.45) is -1.98. The Morgan fingerprint density at radius 3 is 2.51 bits per heavy atom. The fourth-order valence-corrected chi connectivity index (χ4v) is 4.49. The summed E-state index contributed by atoms with van der Waals surface area (Å²) in [5.41, 5.74) is 3.15. The zero-order chi connectivity index (χ0) is 26.0. The lowest BCUT2D eigenvalue weighted by molar-refractivity contribution is -0.137. The van der Waals surface area contributed by atoms with Gasteiger partial charge in [-0.15, -0.1) is 0 Å². The first-order valence-electron chi connectivity index (χ1n) is 11.7. The van der Waals surface area contributed by atoms with Gasteiger partial charge in [-0.25, -0.2) is 0 Å². The van der Waals surface area contributed by atoms with Gasteiger partial charge in [0.05, 0.1) is 12.0 Å². The van der Waals surface area contributed by atoms with Gasteiger partial charge >= 0.3 is 6.18 Å². The van der Waals surface area contributed by atoms with Crippen molar-refractivity contribution in [3.63, 3.8) is 0 Å². The van der Waals surface area contributed by atoms with Crippen molar-refractivity contribution in [2.24, 2.45) is 0 Å². The van der Waals surface area contributed by atoms with Gasteiger partial charge in [-0.05, 0) is 71.6 Å². The number of benzene rings is 3. The van der Waals surface area contributed by atoms with Gasteiger partial charge in [-0.1, -0.05) is 36.4 Å². The van der Waals surface area contributed by atoms with Crippen molar-refractivity contribution in [3.05, 3.63) is 114 Å². The third-order valence-electron chi connectivity index (χ3n) is 6.27. The van der Waals surface area contributed by atoms with Crippen LogP contribution in [0.15, 0.2) is 91.1 Å². The van der Waals surface area contributed by atoms with Crippen LogP contribution in [0.1, 0.15) is 27.2 Å². The molecule has 5 nitrogen and oxygen atoms in total. The number of pyridine rings is 1. The Bertz CT molecular complexity index is 1470. The van der Waals surface area contributed by atoms with Gasteiger partial charge in [0, 0.05) is 35.4 Å². The third kappa shape index (κ3) is 5.23. The largest absolute Gasteiger partial charge is 0.416 e. The van der Waals surface area contributed by atoms with Crippen LogP contribution < -0.4 is 10.2 Å². The summed E-state index contributed by atoms with van der Waals surface area (Å²) in [6.45, 7) is 0.538. The summed E-state index contributed by atoms with van der Waals surface area (Å²) in [7, 11) is 0. The van der Waals surface area contributed by atoms with E-state index >= 15 is 0 Å². The highest BCUT2D eigenvalue weighted by molar-refractivity contribution is 6.09. The zero-order valence-corrected chi connectivity index (χ0v) is 19.6. The minimum absolute atomic E-state index is 0.0516. The molecule has 1 aliphatic heterocycles. The molecule has 0 fully saturated rings. The molecule has 0 radical (unpaired) electrons. The van der Waals surface area contributed by atoms with Crippen LogP contribution in [-0.4, -0.2) is 23.3 Å². The summed E-state index contributed by atoms with van der Waals surface area (Å²) in [5, 5.41) is 2.85. The summed E-state index contributed by atoms with van der Waals surface area (Å²) in [6, 6.07) is 22.3. The molecule has 186 valence electrons. The van der Waals surface area contributed by atoms with E-state index in [9.17, 15) is 22.8 Å². The lowest BCUT2D eigenvalue weighted by Crippen LogP contribution is -2.30. The molecule has 0 unspecified atom stereocenters. The number of anilines is 2. The van der Waals surface area contributed by atoms with Gasteiger partial charge in [-0.2, -0.15) is 13.2 Å². The third-order valence-corrected chi connectivity index (χ3v) is 6.27. The van der Waals surface area contributed by atoms with E-state index < -0.39 is 17.6 Å². The minimum atomic E-state index is -4.48. The number of fused-ring (bicyclic) bond motifs is 1. The second-order valence-electron chi connectivity index (χ2n) is 8.71. The number of hydrogen-bond acceptors (Lipinski definition) is 3. The van der Waals surface area contributed by atoms with E-state index in [2.05, 4.69) is 10.3 Å².